The number of hydrogen-bond acceptors (Lipinski definition) is 1. The first-order valence-electron chi connectivity index (χ1n) is 5.37. The topological polar surface area (TPSA) is 26.0 Å². The first-order valence-corrected chi connectivity index (χ1v) is 5.75. The van der Waals surface area contributed by atoms with Crippen molar-refractivity contribution in [3.8, 4) is 0 Å². The molecule has 0 aliphatic heterocycles. The van der Waals surface area contributed by atoms with Crippen molar-refractivity contribution in [2.75, 3.05) is 0 Å². The predicted molar refractivity (Wildman–Crippen MR) is 60.3 cm³/mol. The van der Waals surface area contributed by atoms with Gasteiger partial charge in [0.2, 0.25) is 0 Å². The van der Waals surface area contributed by atoms with Gasteiger partial charge in [-0.25, -0.2) is 4.39 Å². The Hall–Kier alpha value is -0.600. The van der Waals surface area contributed by atoms with E-state index in [0.717, 1.165) is 17.9 Å². The fraction of sp³-hybridized carbons (Fsp3) is 0.500. The van der Waals surface area contributed by atoms with Crippen molar-refractivity contribution in [1.29, 1.82) is 0 Å². The molecule has 0 heterocycles. The molecule has 1 aliphatic rings. The van der Waals surface area contributed by atoms with E-state index in [0.29, 0.717) is 0 Å². The lowest BCUT2D eigenvalue weighted by Crippen LogP contribution is -2.20. The highest BCUT2D eigenvalue weighted by molar-refractivity contribution is 6.30. The fourth-order valence-corrected chi connectivity index (χ4v) is 2.16. The highest BCUT2D eigenvalue weighted by atomic mass is 35.5. The summed E-state index contributed by atoms with van der Waals surface area (Å²) >= 11 is 5.71. The predicted octanol–water partition coefficient (Wildman–Crippen LogP) is 3.67. The molecule has 0 bridgehead atoms. The van der Waals surface area contributed by atoms with E-state index >= 15 is 0 Å². The van der Waals surface area contributed by atoms with E-state index in [1.54, 1.807) is 12.1 Å². The van der Waals surface area contributed by atoms with Gasteiger partial charge in [-0.05, 0) is 30.0 Å². The molecule has 2 N–H and O–H groups in total. The number of benzene rings is 1. The molecule has 1 aromatic carbocycles. The van der Waals surface area contributed by atoms with Gasteiger partial charge in [-0.15, -0.1) is 0 Å². The van der Waals surface area contributed by atoms with Crippen LogP contribution < -0.4 is 5.73 Å². The first kappa shape index (κ1) is 10.9. The van der Waals surface area contributed by atoms with Crippen molar-refractivity contribution in [2.45, 2.75) is 31.7 Å². The molecular formula is C12H15ClFN. The zero-order valence-corrected chi connectivity index (χ0v) is 9.30. The molecule has 3 heteroatoms. The average molecular weight is 228 g/mol. The van der Waals surface area contributed by atoms with Crippen LogP contribution in [0.1, 0.15) is 37.3 Å². The zero-order valence-electron chi connectivity index (χ0n) is 8.55. The molecule has 0 spiro atoms. The monoisotopic (exact) mass is 227 g/mol. The Morgan fingerprint density at radius 2 is 2.20 bits per heavy atom. The summed E-state index contributed by atoms with van der Waals surface area (Å²) in [5.41, 5.74) is 6.98. The molecule has 1 unspecified atom stereocenters. The van der Waals surface area contributed by atoms with E-state index in [1.807, 2.05) is 0 Å². The third kappa shape index (κ3) is 2.50. The van der Waals surface area contributed by atoms with Gasteiger partial charge < -0.3 is 5.73 Å². The second-order valence-electron chi connectivity index (χ2n) is 4.31. The largest absolute Gasteiger partial charge is 0.324 e. The molecule has 0 aromatic heterocycles. The maximum Gasteiger partial charge on any atom is 0.141 e. The number of nitrogens with two attached hydrogens (primary N) is 1. The first-order chi connectivity index (χ1) is 7.16. The molecule has 1 aromatic rings. The minimum atomic E-state index is -0.378. The van der Waals surface area contributed by atoms with Crippen molar-refractivity contribution in [3.05, 3.63) is 34.6 Å². The summed E-state index contributed by atoms with van der Waals surface area (Å²) in [4.78, 5) is 0. The van der Waals surface area contributed by atoms with E-state index in [-0.39, 0.29) is 16.9 Å². The van der Waals surface area contributed by atoms with Crippen LogP contribution in [-0.4, -0.2) is 0 Å². The van der Waals surface area contributed by atoms with E-state index in [2.05, 4.69) is 0 Å². The lowest BCUT2D eigenvalue weighted by molar-refractivity contribution is 0.277. The quantitative estimate of drug-likeness (QED) is 0.838. The summed E-state index contributed by atoms with van der Waals surface area (Å²) in [6, 6.07) is 4.75. The molecule has 1 atom stereocenters. The van der Waals surface area contributed by atoms with E-state index in [1.165, 1.54) is 25.3 Å². The summed E-state index contributed by atoms with van der Waals surface area (Å²) in [6.07, 6.45) is 4.87. The standard InChI is InChI=1S/C12H15ClFN/c13-10-7-9(4-5-11(10)14)12(15)6-8-2-1-3-8/h4-5,7-8,12H,1-3,6,15H2. The molecule has 15 heavy (non-hydrogen) atoms. The average Bonchev–Trinajstić information content (AvgIpc) is 2.15. The number of hydrogen-bond donors (Lipinski definition) is 1. The third-order valence-corrected chi connectivity index (χ3v) is 3.47. The summed E-state index contributed by atoms with van der Waals surface area (Å²) in [5, 5.41) is 0.163. The normalized spacial score (nSPS) is 18.6. The molecule has 2 rings (SSSR count). The van der Waals surface area contributed by atoms with Crippen LogP contribution in [0.3, 0.4) is 0 Å². The maximum absolute atomic E-state index is 12.9. The van der Waals surface area contributed by atoms with E-state index in [4.69, 9.17) is 17.3 Å². The van der Waals surface area contributed by atoms with Gasteiger partial charge in [0.1, 0.15) is 5.82 Å². The molecule has 0 amide bonds. The van der Waals surface area contributed by atoms with Crippen molar-refractivity contribution in [3.63, 3.8) is 0 Å². The molecular weight excluding hydrogens is 213 g/mol. The minimum absolute atomic E-state index is 0.00611. The van der Waals surface area contributed by atoms with Crippen LogP contribution >= 0.6 is 11.6 Å². The second kappa shape index (κ2) is 4.50. The van der Waals surface area contributed by atoms with Crippen molar-refractivity contribution < 1.29 is 4.39 Å². The maximum atomic E-state index is 12.9. The van der Waals surface area contributed by atoms with Gasteiger partial charge in [0.05, 0.1) is 5.02 Å². The molecule has 1 fully saturated rings. The van der Waals surface area contributed by atoms with Crippen LogP contribution in [0.25, 0.3) is 0 Å². The van der Waals surface area contributed by atoms with E-state index < -0.39 is 0 Å². The van der Waals surface area contributed by atoms with Gasteiger partial charge in [-0.2, -0.15) is 0 Å². The SMILES string of the molecule is NC(CC1CCC1)c1ccc(F)c(Cl)c1. The van der Waals surface area contributed by atoms with Gasteiger partial charge in [-0.3, -0.25) is 0 Å². The van der Waals surface area contributed by atoms with Crippen LogP contribution in [0.4, 0.5) is 4.39 Å². The summed E-state index contributed by atoms with van der Waals surface area (Å²) in [5.74, 6) is 0.375. The highest BCUT2D eigenvalue weighted by Crippen LogP contribution is 2.34. The lowest BCUT2D eigenvalue weighted by Gasteiger charge is -2.28. The number of rotatable bonds is 3. The summed E-state index contributed by atoms with van der Waals surface area (Å²) in [6.45, 7) is 0. The highest BCUT2D eigenvalue weighted by Gasteiger charge is 2.21. The van der Waals surface area contributed by atoms with Gasteiger partial charge >= 0.3 is 0 Å². The van der Waals surface area contributed by atoms with Crippen LogP contribution in [-0.2, 0) is 0 Å². The Morgan fingerprint density at radius 3 is 2.73 bits per heavy atom. The third-order valence-electron chi connectivity index (χ3n) is 3.18. The Balaban J connectivity index is 2.03. The number of halogens is 2. The molecule has 1 aliphatic carbocycles. The zero-order chi connectivity index (χ0) is 10.8. The lowest BCUT2D eigenvalue weighted by atomic mass is 9.80. The van der Waals surface area contributed by atoms with Crippen molar-refractivity contribution >= 4 is 11.6 Å². The van der Waals surface area contributed by atoms with E-state index in [9.17, 15) is 4.39 Å². The molecule has 1 saturated carbocycles. The van der Waals surface area contributed by atoms with Gasteiger partial charge in [0.25, 0.3) is 0 Å². The minimum Gasteiger partial charge on any atom is -0.324 e. The molecule has 1 nitrogen and oxygen atoms in total. The molecule has 82 valence electrons. The van der Waals surface area contributed by atoms with Crippen molar-refractivity contribution in [2.24, 2.45) is 11.7 Å². The smallest absolute Gasteiger partial charge is 0.141 e. The Morgan fingerprint density at radius 1 is 1.47 bits per heavy atom. The van der Waals surface area contributed by atoms with Gasteiger partial charge in [0, 0.05) is 6.04 Å². The van der Waals surface area contributed by atoms with Gasteiger partial charge in [0.15, 0.2) is 0 Å². The van der Waals surface area contributed by atoms with Crippen LogP contribution in [0.2, 0.25) is 5.02 Å². The van der Waals surface area contributed by atoms with Crippen molar-refractivity contribution in [1.82, 2.24) is 0 Å². The fourth-order valence-electron chi connectivity index (χ4n) is 1.97. The Labute approximate surface area is 94.4 Å². The van der Waals surface area contributed by atoms with Crippen LogP contribution in [0, 0.1) is 11.7 Å². The summed E-state index contributed by atoms with van der Waals surface area (Å²) < 4.78 is 12.9. The second-order valence-corrected chi connectivity index (χ2v) is 4.72. The Kier molecular flexibility index (Phi) is 3.27. The Bertz CT molecular complexity index is 349. The molecule has 0 saturated heterocycles. The van der Waals surface area contributed by atoms with Crippen LogP contribution in [0.15, 0.2) is 18.2 Å². The molecule has 0 radical (unpaired) electrons. The van der Waals surface area contributed by atoms with Crippen LogP contribution in [0.5, 0.6) is 0 Å². The summed E-state index contributed by atoms with van der Waals surface area (Å²) in [7, 11) is 0. The van der Waals surface area contributed by atoms with Gasteiger partial charge in [-0.1, -0.05) is 36.9 Å².